The molecule has 1 atom stereocenters. The van der Waals surface area contributed by atoms with Crippen LogP contribution in [0.25, 0.3) is 0 Å². The van der Waals surface area contributed by atoms with Crippen LogP contribution in [0.15, 0.2) is 83.1 Å². The predicted molar refractivity (Wildman–Crippen MR) is 166 cm³/mol. The maximum Gasteiger partial charge on any atom is 0.338 e. The van der Waals surface area contributed by atoms with Crippen molar-refractivity contribution < 1.29 is 23.8 Å². The van der Waals surface area contributed by atoms with Gasteiger partial charge in [0.1, 0.15) is 18.1 Å². The van der Waals surface area contributed by atoms with Crippen molar-refractivity contribution in [2.45, 2.75) is 26.5 Å². The Morgan fingerprint density at radius 1 is 1.05 bits per heavy atom. The van der Waals surface area contributed by atoms with E-state index in [9.17, 15) is 9.59 Å². The molecule has 0 radical (unpaired) electrons. The zero-order chi connectivity index (χ0) is 30.1. The highest BCUT2D eigenvalue weighted by Gasteiger charge is 2.32. The van der Waals surface area contributed by atoms with Crippen LogP contribution in [-0.2, 0) is 20.9 Å². The molecule has 3 N–H and O–H groups in total. The zero-order valence-electron chi connectivity index (χ0n) is 22.8. The zero-order valence-corrected chi connectivity index (χ0v) is 25.1. The number of para-hydroxylation sites is 1. The van der Waals surface area contributed by atoms with Crippen LogP contribution in [0.2, 0.25) is 10.0 Å². The van der Waals surface area contributed by atoms with Crippen molar-refractivity contribution in [1.82, 2.24) is 16.1 Å². The molecule has 0 saturated heterocycles. The Labute approximate surface area is 258 Å². The number of esters is 1. The van der Waals surface area contributed by atoms with Crippen molar-refractivity contribution >= 4 is 58.6 Å². The molecular weight excluding hydrogens is 599 g/mol. The Morgan fingerprint density at radius 2 is 1.81 bits per heavy atom. The minimum absolute atomic E-state index is 0.226. The average molecular weight is 628 g/mol. The van der Waals surface area contributed by atoms with E-state index in [-0.39, 0.29) is 13.2 Å². The molecule has 12 heteroatoms. The molecule has 3 aromatic carbocycles. The van der Waals surface area contributed by atoms with E-state index in [4.69, 9.17) is 49.6 Å². The summed E-state index contributed by atoms with van der Waals surface area (Å²) in [5.41, 5.74) is 5.68. The number of hydrogen-bond donors (Lipinski definition) is 3. The van der Waals surface area contributed by atoms with Gasteiger partial charge in [-0.2, -0.15) is 5.10 Å². The van der Waals surface area contributed by atoms with Crippen molar-refractivity contribution in [2.24, 2.45) is 5.10 Å². The summed E-state index contributed by atoms with van der Waals surface area (Å²) in [5, 5.41) is 11.4. The Morgan fingerprint density at radius 3 is 2.55 bits per heavy atom. The molecule has 218 valence electrons. The quantitative estimate of drug-likeness (QED) is 0.111. The van der Waals surface area contributed by atoms with Gasteiger partial charge in [0.25, 0.3) is 5.91 Å². The lowest BCUT2D eigenvalue weighted by molar-refractivity contribution is -0.139. The van der Waals surface area contributed by atoms with Gasteiger partial charge in [-0.25, -0.2) is 10.2 Å². The number of nitrogens with one attached hydrogen (secondary N) is 3. The molecule has 1 heterocycles. The molecule has 3 aromatic rings. The van der Waals surface area contributed by atoms with Gasteiger partial charge in [0.15, 0.2) is 11.7 Å². The summed E-state index contributed by atoms with van der Waals surface area (Å²) >= 11 is 17.3. The molecule has 4 rings (SSSR count). The number of amides is 1. The second-order valence-corrected chi connectivity index (χ2v) is 10.2. The highest BCUT2D eigenvalue weighted by molar-refractivity contribution is 7.80. The lowest BCUT2D eigenvalue weighted by atomic mass is 9.95. The van der Waals surface area contributed by atoms with E-state index in [1.54, 1.807) is 74.5 Å². The van der Waals surface area contributed by atoms with Crippen molar-refractivity contribution in [3.8, 4) is 11.5 Å². The van der Waals surface area contributed by atoms with Crippen LogP contribution in [-0.4, -0.2) is 36.4 Å². The van der Waals surface area contributed by atoms with Gasteiger partial charge in [0.05, 0.1) is 34.5 Å². The highest BCUT2D eigenvalue weighted by atomic mass is 35.5. The molecule has 0 aromatic heterocycles. The second-order valence-electron chi connectivity index (χ2n) is 9.02. The standard InChI is InChI=1S/C30H28Cl2N4O5S/c1-3-39-29(38)27-18(2)34-30(42)35-28(27)22-6-4-5-7-25(22)41-17-26(37)36-33-15-19-8-11-21(12-9-19)40-16-20-10-13-23(31)24(32)14-20/h4-15,28H,3,16-17H2,1-2H3,(H,36,37)(H2,34,35,42)/t28-/m1/s1. The summed E-state index contributed by atoms with van der Waals surface area (Å²) in [7, 11) is 0. The first-order valence-electron chi connectivity index (χ1n) is 12.9. The third-order valence-electron chi connectivity index (χ3n) is 6.03. The lowest BCUT2D eigenvalue weighted by Gasteiger charge is -2.30. The molecule has 0 spiro atoms. The van der Waals surface area contributed by atoms with Crippen LogP contribution in [0.1, 0.15) is 36.6 Å². The van der Waals surface area contributed by atoms with E-state index in [2.05, 4.69) is 21.2 Å². The number of ether oxygens (including phenoxy) is 3. The van der Waals surface area contributed by atoms with Crippen LogP contribution in [0, 0.1) is 0 Å². The summed E-state index contributed by atoms with van der Waals surface area (Å²) in [6, 6.07) is 19.0. The first-order valence-corrected chi connectivity index (χ1v) is 14.1. The average Bonchev–Trinajstić information content (AvgIpc) is 2.97. The van der Waals surface area contributed by atoms with Gasteiger partial charge in [-0.3, -0.25) is 4.79 Å². The van der Waals surface area contributed by atoms with E-state index in [0.717, 1.165) is 11.1 Å². The Balaban J connectivity index is 1.32. The molecule has 1 amide bonds. The van der Waals surface area contributed by atoms with Gasteiger partial charge in [0.2, 0.25) is 0 Å². The summed E-state index contributed by atoms with van der Waals surface area (Å²) in [5.74, 6) is 0.128. The summed E-state index contributed by atoms with van der Waals surface area (Å²) < 4.78 is 16.8. The summed E-state index contributed by atoms with van der Waals surface area (Å²) in [6.07, 6.45) is 1.51. The predicted octanol–water partition coefficient (Wildman–Crippen LogP) is 5.46. The fourth-order valence-electron chi connectivity index (χ4n) is 4.06. The number of carbonyl (C=O) groups is 2. The molecule has 0 saturated carbocycles. The first kappa shape index (κ1) is 30.8. The van der Waals surface area contributed by atoms with Crippen molar-refractivity contribution in [2.75, 3.05) is 13.2 Å². The monoisotopic (exact) mass is 626 g/mol. The highest BCUT2D eigenvalue weighted by Crippen LogP contribution is 2.33. The molecule has 0 unspecified atom stereocenters. The fourth-order valence-corrected chi connectivity index (χ4v) is 4.65. The number of hydrazone groups is 1. The number of nitrogens with zero attached hydrogens (tertiary/aromatic N) is 1. The second kappa shape index (κ2) is 14.7. The third-order valence-corrected chi connectivity index (χ3v) is 6.98. The number of allylic oxidation sites excluding steroid dienone is 1. The molecule has 1 aliphatic heterocycles. The van der Waals surface area contributed by atoms with Gasteiger partial charge in [-0.1, -0.05) is 47.5 Å². The summed E-state index contributed by atoms with van der Waals surface area (Å²) in [4.78, 5) is 25.2. The molecular formula is C30H28Cl2N4O5S. The fraction of sp³-hybridized carbons (Fsp3) is 0.200. The lowest BCUT2D eigenvalue weighted by Crippen LogP contribution is -2.45. The minimum atomic E-state index is -0.619. The van der Waals surface area contributed by atoms with Gasteiger partial charge in [0, 0.05) is 11.3 Å². The van der Waals surface area contributed by atoms with Crippen molar-refractivity contribution in [3.63, 3.8) is 0 Å². The first-order chi connectivity index (χ1) is 20.2. The molecule has 1 aliphatic rings. The molecule has 9 nitrogen and oxygen atoms in total. The minimum Gasteiger partial charge on any atom is -0.489 e. The van der Waals surface area contributed by atoms with Crippen LogP contribution < -0.4 is 25.5 Å². The van der Waals surface area contributed by atoms with Crippen LogP contribution in [0.4, 0.5) is 0 Å². The topological polar surface area (TPSA) is 110 Å². The van der Waals surface area contributed by atoms with Crippen LogP contribution in [0.3, 0.4) is 0 Å². The number of benzene rings is 3. The van der Waals surface area contributed by atoms with E-state index in [1.807, 2.05) is 6.07 Å². The molecule has 0 aliphatic carbocycles. The van der Waals surface area contributed by atoms with E-state index >= 15 is 0 Å². The molecule has 0 fully saturated rings. The van der Waals surface area contributed by atoms with E-state index < -0.39 is 17.9 Å². The summed E-state index contributed by atoms with van der Waals surface area (Å²) in [6.45, 7) is 3.75. The maximum atomic E-state index is 12.7. The number of halogens is 2. The van der Waals surface area contributed by atoms with Gasteiger partial charge in [-0.15, -0.1) is 0 Å². The number of rotatable bonds is 11. The smallest absolute Gasteiger partial charge is 0.338 e. The van der Waals surface area contributed by atoms with Crippen LogP contribution >= 0.6 is 35.4 Å². The van der Waals surface area contributed by atoms with Crippen LogP contribution in [0.5, 0.6) is 11.5 Å². The number of thiocarbonyl (C=S) groups is 1. The van der Waals surface area contributed by atoms with E-state index in [1.165, 1.54) is 6.21 Å². The Kier molecular flexibility index (Phi) is 10.8. The number of hydrogen-bond acceptors (Lipinski definition) is 7. The largest absolute Gasteiger partial charge is 0.489 e. The maximum absolute atomic E-state index is 12.7. The third kappa shape index (κ3) is 8.22. The Hall–Kier alpha value is -4.12. The molecule has 0 bridgehead atoms. The van der Waals surface area contributed by atoms with E-state index in [0.29, 0.717) is 50.1 Å². The normalized spacial score (nSPS) is 14.7. The SMILES string of the molecule is CCOC(=O)C1=C(C)NC(=S)N[C@@H]1c1ccccc1OCC(=O)NN=Cc1ccc(OCc2ccc(Cl)c(Cl)c2)cc1. The Bertz CT molecular complexity index is 1530. The van der Waals surface area contributed by atoms with Crippen molar-refractivity contribution in [3.05, 3.63) is 105 Å². The number of carbonyl (C=O) groups excluding carboxylic acids is 2. The van der Waals surface area contributed by atoms with Crippen molar-refractivity contribution in [1.29, 1.82) is 0 Å². The van der Waals surface area contributed by atoms with Gasteiger partial charge < -0.3 is 24.8 Å². The molecule has 42 heavy (non-hydrogen) atoms. The van der Waals surface area contributed by atoms with Gasteiger partial charge in [-0.05, 0) is 79.7 Å². The van der Waals surface area contributed by atoms with Gasteiger partial charge >= 0.3 is 5.97 Å².